The van der Waals surface area contributed by atoms with Crippen LogP contribution in [0.3, 0.4) is 0 Å². The van der Waals surface area contributed by atoms with Gasteiger partial charge in [0.05, 0.1) is 32.2 Å². The topological polar surface area (TPSA) is 50.2 Å². The van der Waals surface area contributed by atoms with Gasteiger partial charge in [-0.2, -0.15) is 0 Å². The Morgan fingerprint density at radius 3 is 1.71 bits per heavy atom. The van der Waals surface area contributed by atoms with Crippen molar-refractivity contribution in [3.05, 3.63) is 72.4 Å². The molecule has 144 valence electrons. The molecular weight excluding hydrogens is 487 g/mol. The van der Waals surface area contributed by atoms with Gasteiger partial charge in [0.15, 0.2) is 0 Å². The van der Waals surface area contributed by atoms with E-state index < -0.39 is 5.97 Å². The number of carbonyl (C=O) groups is 1. The highest BCUT2D eigenvalue weighted by Gasteiger charge is 2.20. The van der Waals surface area contributed by atoms with Crippen molar-refractivity contribution in [2.75, 3.05) is 0 Å². The number of hydrogen-bond acceptors (Lipinski definition) is 2. The van der Waals surface area contributed by atoms with Crippen molar-refractivity contribution in [1.82, 2.24) is 4.98 Å². The zero-order valence-electron chi connectivity index (χ0n) is 13.7. The maximum atomic E-state index is 11.3. The third-order valence-corrected chi connectivity index (χ3v) is 5.49. The molecule has 1 heterocycles. The lowest BCUT2D eigenvalue weighted by molar-refractivity contribution is -0.136. The highest BCUT2D eigenvalue weighted by molar-refractivity contribution is 6.43. The maximum Gasteiger partial charge on any atom is 0.309 e. The Bertz CT molecular complexity index is 1050. The Morgan fingerprint density at radius 2 is 1.25 bits per heavy atom. The smallest absolute Gasteiger partial charge is 0.309 e. The lowest BCUT2D eigenvalue weighted by Crippen LogP contribution is -2.05. The summed E-state index contributed by atoms with van der Waals surface area (Å²) in [5.74, 6) is -1.05. The maximum absolute atomic E-state index is 11.3. The third-order valence-electron chi connectivity index (χ3n) is 3.86. The first-order valence-corrected chi connectivity index (χ1v) is 9.94. The molecule has 0 spiro atoms. The van der Waals surface area contributed by atoms with E-state index in [-0.39, 0.29) is 22.2 Å². The van der Waals surface area contributed by atoms with Crippen LogP contribution < -0.4 is 0 Å². The molecule has 0 saturated heterocycles. The minimum Gasteiger partial charge on any atom is -0.481 e. The molecule has 0 saturated carbocycles. The molecule has 1 aromatic heterocycles. The zero-order chi connectivity index (χ0) is 20.6. The quantitative estimate of drug-likeness (QED) is 0.399. The number of pyridine rings is 1. The molecule has 0 amide bonds. The van der Waals surface area contributed by atoms with Gasteiger partial charge in [0.25, 0.3) is 0 Å². The Hall–Kier alpha value is -1.20. The average molecular weight is 496 g/mol. The van der Waals surface area contributed by atoms with Crippen LogP contribution in [0.15, 0.2) is 36.5 Å². The van der Waals surface area contributed by atoms with Crippen molar-refractivity contribution in [1.29, 1.82) is 0 Å². The number of hydrogen-bond donors (Lipinski definition) is 1. The molecule has 2 aromatic carbocycles. The van der Waals surface area contributed by atoms with Gasteiger partial charge in [0.2, 0.25) is 0 Å². The van der Waals surface area contributed by atoms with E-state index in [0.29, 0.717) is 42.3 Å². The van der Waals surface area contributed by atoms with E-state index in [9.17, 15) is 9.90 Å². The Kier molecular flexibility index (Phi) is 6.65. The van der Waals surface area contributed by atoms with Gasteiger partial charge in [0, 0.05) is 38.5 Å². The number of benzene rings is 2. The van der Waals surface area contributed by atoms with E-state index >= 15 is 0 Å². The second kappa shape index (κ2) is 8.66. The fourth-order valence-corrected chi connectivity index (χ4v) is 4.80. The number of carboxylic acid groups (broad SMARTS) is 1. The van der Waals surface area contributed by atoms with Gasteiger partial charge in [-0.3, -0.25) is 9.78 Å². The van der Waals surface area contributed by atoms with Crippen molar-refractivity contribution in [2.45, 2.75) is 6.42 Å². The third kappa shape index (κ3) is 4.51. The fraction of sp³-hybridized carbons (Fsp3) is 0.0526. The number of halogens is 6. The predicted octanol–water partition coefficient (Wildman–Crippen LogP) is 7.96. The average Bonchev–Trinajstić information content (AvgIpc) is 2.54. The predicted molar refractivity (Wildman–Crippen MR) is 117 cm³/mol. The number of rotatable bonds is 4. The largest absolute Gasteiger partial charge is 0.481 e. The SMILES string of the molecule is O=C(O)Cc1ncc(-c2c(Cl)cc(Cl)cc2Cl)cc1-c1c(Cl)cc(Cl)cc1Cl. The minimum absolute atomic E-state index is 0.261. The Balaban J connectivity index is 2.29. The van der Waals surface area contributed by atoms with Gasteiger partial charge < -0.3 is 5.11 Å². The van der Waals surface area contributed by atoms with Crippen LogP contribution in [0.4, 0.5) is 0 Å². The summed E-state index contributed by atoms with van der Waals surface area (Å²) in [7, 11) is 0. The van der Waals surface area contributed by atoms with E-state index in [0.717, 1.165) is 0 Å². The normalized spacial score (nSPS) is 10.9. The van der Waals surface area contributed by atoms with Crippen LogP contribution in [-0.4, -0.2) is 16.1 Å². The summed E-state index contributed by atoms with van der Waals surface area (Å²) in [5.41, 5.74) is 2.19. The molecule has 28 heavy (non-hydrogen) atoms. The van der Waals surface area contributed by atoms with E-state index in [1.807, 2.05) is 0 Å². The van der Waals surface area contributed by atoms with Crippen LogP contribution in [0.5, 0.6) is 0 Å². The van der Waals surface area contributed by atoms with Crippen LogP contribution in [0, 0.1) is 0 Å². The monoisotopic (exact) mass is 493 g/mol. The summed E-state index contributed by atoms with van der Waals surface area (Å²) in [6, 6.07) is 7.83. The molecule has 0 bridgehead atoms. The van der Waals surface area contributed by atoms with E-state index in [1.54, 1.807) is 18.2 Å². The number of carboxylic acids is 1. The summed E-state index contributed by atoms with van der Waals surface area (Å²) in [5, 5.41) is 11.2. The van der Waals surface area contributed by atoms with Crippen LogP contribution in [0.1, 0.15) is 5.69 Å². The molecule has 0 radical (unpaired) electrons. The molecule has 0 atom stereocenters. The molecule has 0 fully saturated rings. The molecule has 0 aliphatic carbocycles. The summed E-state index contributed by atoms with van der Waals surface area (Å²) in [6.07, 6.45) is 1.16. The standard InChI is InChI=1S/C19H9Cl6NO2/c20-9-2-12(22)18(13(23)3-9)8-1-11(16(26-7-8)6-17(27)28)19-14(24)4-10(21)5-15(19)25/h1-5,7H,6H2,(H,27,28). The van der Waals surface area contributed by atoms with Crippen LogP contribution in [-0.2, 0) is 11.2 Å². The van der Waals surface area contributed by atoms with Crippen molar-refractivity contribution < 1.29 is 9.90 Å². The summed E-state index contributed by atoms with van der Waals surface area (Å²) in [4.78, 5) is 15.6. The van der Waals surface area contributed by atoms with Gasteiger partial charge in [-0.25, -0.2) is 0 Å². The lowest BCUT2D eigenvalue weighted by Gasteiger charge is -2.15. The molecule has 9 heteroatoms. The molecule has 0 unspecified atom stereocenters. The first-order valence-electron chi connectivity index (χ1n) is 7.68. The van der Waals surface area contributed by atoms with Gasteiger partial charge >= 0.3 is 5.97 Å². The van der Waals surface area contributed by atoms with Crippen LogP contribution in [0.25, 0.3) is 22.3 Å². The van der Waals surface area contributed by atoms with Crippen molar-refractivity contribution >= 4 is 75.6 Å². The fourth-order valence-electron chi connectivity index (χ4n) is 2.75. The summed E-state index contributed by atoms with van der Waals surface area (Å²) in [6.45, 7) is 0. The molecule has 0 aliphatic heterocycles. The number of aromatic nitrogens is 1. The second-order valence-corrected chi connectivity index (χ2v) is 8.28. The van der Waals surface area contributed by atoms with Gasteiger partial charge in [-0.05, 0) is 30.3 Å². The zero-order valence-corrected chi connectivity index (χ0v) is 18.3. The van der Waals surface area contributed by atoms with E-state index in [2.05, 4.69) is 4.98 Å². The summed E-state index contributed by atoms with van der Waals surface area (Å²) >= 11 is 37.3. The number of nitrogens with zero attached hydrogens (tertiary/aromatic N) is 1. The Labute approximate surface area is 190 Å². The van der Waals surface area contributed by atoms with Gasteiger partial charge in [-0.15, -0.1) is 0 Å². The summed E-state index contributed by atoms with van der Waals surface area (Å²) < 4.78 is 0. The first-order chi connectivity index (χ1) is 13.2. The van der Waals surface area contributed by atoms with Gasteiger partial charge in [0.1, 0.15) is 0 Å². The molecule has 1 N–H and O–H groups in total. The lowest BCUT2D eigenvalue weighted by atomic mass is 9.97. The minimum atomic E-state index is -1.05. The highest BCUT2D eigenvalue weighted by atomic mass is 35.5. The molecular formula is C19H9Cl6NO2. The molecule has 3 nitrogen and oxygen atoms in total. The highest BCUT2D eigenvalue weighted by Crippen LogP contribution is 2.42. The van der Waals surface area contributed by atoms with Crippen molar-refractivity contribution in [2.24, 2.45) is 0 Å². The number of aliphatic carboxylic acids is 1. The van der Waals surface area contributed by atoms with E-state index in [1.165, 1.54) is 18.3 Å². The van der Waals surface area contributed by atoms with Gasteiger partial charge in [-0.1, -0.05) is 69.6 Å². The van der Waals surface area contributed by atoms with Crippen molar-refractivity contribution in [3.8, 4) is 22.3 Å². The first kappa shape index (κ1) is 21.5. The van der Waals surface area contributed by atoms with Crippen molar-refractivity contribution in [3.63, 3.8) is 0 Å². The molecule has 3 aromatic rings. The molecule has 3 rings (SSSR count). The molecule has 0 aliphatic rings. The van der Waals surface area contributed by atoms with Crippen LogP contribution >= 0.6 is 69.6 Å². The Morgan fingerprint density at radius 1 is 0.786 bits per heavy atom. The van der Waals surface area contributed by atoms with E-state index in [4.69, 9.17) is 69.6 Å². The van der Waals surface area contributed by atoms with Crippen LogP contribution in [0.2, 0.25) is 30.1 Å². The second-order valence-electron chi connectivity index (χ2n) is 5.78.